The SMILES string of the molecule is C=CC(=O)OCCOCCOCCOc1ccc(Sc2ccc(OCCOCCOCCOC(=O)C=C)cc2)cc1. The molecule has 0 bridgehead atoms. The molecule has 0 spiro atoms. The molecule has 2 aromatic rings. The van der Waals surface area contributed by atoms with E-state index in [0.29, 0.717) is 66.1 Å². The summed E-state index contributed by atoms with van der Waals surface area (Å²) in [7, 11) is 0. The van der Waals surface area contributed by atoms with E-state index in [1.807, 2.05) is 48.5 Å². The lowest BCUT2D eigenvalue weighted by atomic mass is 10.3. The Labute approximate surface area is 245 Å². The van der Waals surface area contributed by atoms with Crippen molar-refractivity contribution in [1.82, 2.24) is 0 Å². The largest absolute Gasteiger partial charge is 0.491 e. The third kappa shape index (κ3) is 17.2. The van der Waals surface area contributed by atoms with E-state index in [9.17, 15) is 9.59 Å². The van der Waals surface area contributed by atoms with Crippen molar-refractivity contribution in [3.05, 3.63) is 73.8 Å². The molecule has 10 nitrogen and oxygen atoms in total. The second-order valence-corrected chi connectivity index (χ2v) is 9.08. The number of benzene rings is 2. The van der Waals surface area contributed by atoms with Crippen molar-refractivity contribution in [2.45, 2.75) is 9.79 Å². The Balaban J connectivity index is 1.48. The second-order valence-electron chi connectivity index (χ2n) is 7.93. The van der Waals surface area contributed by atoms with Gasteiger partial charge in [-0.25, -0.2) is 9.59 Å². The Kier molecular flexibility index (Phi) is 18.5. The average Bonchev–Trinajstić information content (AvgIpc) is 3.00. The predicted molar refractivity (Wildman–Crippen MR) is 154 cm³/mol. The van der Waals surface area contributed by atoms with E-state index in [-0.39, 0.29) is 13.2 Å². The maximum atomic E-state index is 10.9. The maximum Gasteiger partial charge on any atom is 0.330 e. The van der Waals surface area contributed by atoms with Gasteiger partial charge in [-0.2, -0.15) is 0 Å². The van der Waals surface area contributed by atoms with Crippen LogP contribution in [0.5, 0.6) is 11.5 Å². The third-order valence-corrected chi connectivity index (χ3v) is 5.91. The monoisotopic (exact) mass is 590 g/mol. The molecule has 0 atom stereocenters. The van der Waals surface area contributed by atoms with Gasteiger partial charge in [0.2, 0.25) is 0 Å². The first-order chi connectivity index (χ1) is 20.1. The fraction of sp³-hybridized carbons (Fsp3) is 0.400. The van der Waals surface area contributed by atoms with Gasteiger partial charge in [0.25, 0.3) is 0 Å². The molecule has 0 amide bonds. The molecule has 0 aromatic heterocycles. The summed E-state index contributed by atoms with van der Waals surface area (Å²) in [5.74, 6) is 0.613. The van der Waals surface area contributed by atoms with Gasteiger partial charge in [-0.05, 0) is 48.5 Å². The Bertz CT molecular complexity index is 929. The van der Waals surface area contributed by atoms with Crippen molar-refractivity contribution in [3.8, 4) is 11.5 Å². The minimum absolute atomic E-state index is 0.192. The quantitative estimate of drug-likeness (QED) is 0.100. The summed E-state index contributed by atoms with van der Waals surface area (Å²) in [6.07, 6.45) is 2.23. The minimum atomic E-state index is -0.462. The van der Waals surface area contributed by atoms with Gasteiger partial charge in [0.15, 0.2) is 0 Å². The fourth-order valence-electron chi connectivity index (χ4n) is 2.94. The van der Waals surface area contributed by atoms with Crippen LogP contribution in [0.15, 0.2) is 83.6 Å². The highest BCUT2D eigenvalue weighted by Gasteiger charge is 2.02. The van der Waals surface area contributed by atoms with Crippen LogP contribution in [0, 0.1) is 0 Å². The number of hydrogen-bond acceptors (Lipinski definition) is 11. The van der Waals surface area contributed by atoms with Crippen LogP contribution in [0.4, 0.5) is 0 Å². The van der Waals surface area contributed by atoms with E-state index >= 15 is 0 Å². The molecule has 0 aliphatic rings. The molecule has 2 aromatic carbocycles. The highest BCUT2D eigenvalue weighted by molar-refractivity contribution is 7.99. The Morgan fingerprint density at radius 3 is 1.17 bits per heavy atom. The van der Waals surface area contributed by atoms with Crippen molar-refractivity contribution >= 4 is 23.7 Å². The molecule has 0 saturated heterocycles. The Morgan fingerprint density at radius 1 is 0.512 bits per heavy atom. The molecule has 224 valence electrons. The van der Waals surface area contributed by atoms with Crippen molar-refractivity contribution in [2.75, 3.05) is 79.3 Å². The Hall–Kier alpha value is -3.35. The van der Waals surface area contributed by atoms with Crippen LogP contribution in [0.3, 0.4) is 0 Å². The summed E-state index contributed by atoms with van der Waals surface area (Å²) in [6.45, 7) is 11.1. The van der Waals surface area contributed by atoms with E-state index in [1.54, 1.807) is 11.8 Å². The number of hydrogen-bond donors (Lipinski definition) is 0. The van der Waals surface area contributed by atoms with Crippen LogP contribution in [-0.4, -0.2) is 91.2 Å². The highest BCUT2D eigenvalue weighted by Crippen LogP contribution is 2.30. The first-order valence-corrected chi connectivity index (χ1v) is 14.0. The lowest BCUT2D eigenvalue weighted by molar-refractivity contribution is -0.140. The molecule has 0 unspecified atom stereocenters. The number of carbonyl (C=O) groups excluding carboxylic acids is 2. The zero-order valence-electron chi connectivity index (χ0n) is 23.2. The second kappa shape index (κ2) is 22.4. The van der Waals surface area contributed by atoms with Crippen LogP contribution in [0.25, 0.3) is 0 Å². The molecular formula is C30H38O10S. The summed E-state index contributed by atoms with van der Waals surface area (Å²) in [5, 5.41) is 0. The van der Waals surface area contributed by atoms with E-state index in [0.717, 1.165) is 33.4 Å². The van der Waals surface area contributed by atoms with E-state index in [4.69, 9.17) is 37.9 Å². The standard InChI is InChI=1S/C30H38O10S/c1-3-29(31)39-23-19-35-15-13-33-17-21-37-25-5-9-27(10-6-25)41-28-11-7-26(8-12-28)38-22-18-34-14-16-36-20-24-40-30(32)4-2/h3-12H,1-2,13-24H2. The lowest BCUT2D eigenvalue weighted by Crippen LogP contribution is -2.13. The number of esters is 2. The number of rotatable bonds is 24. The van der Waals surface area contributed by atoms with Crippen molar-refractivity contribution < 1.29 is 47.5 Å². The summed E-state index contributed by atoms with van der Waals surface area (Å²) >= 11 is 1.64. The molecule has 41 heavy (non-hydrogen) atoms. The smallest absolute Gasteiger partial charge is 0.330 e. The molecule has 0 radical (unpaired) electrons. The third-order valence-electron chi connectivity index (χ3n) is 4.90. The van der Waals surface area contributed by atoms with Gasteiger partial charge < -0.3 is 37.9 Å². The van der Waals surface area contributed by atoms with Gasteiger partial charge in [0.05, 0.1) is 52.9 Å². The maximum absolute atomic E-state index is 10.9. The van der Waals surface area contributed by atoms with Gasteiger partial charge in [-0.3, -0.25) is 0 Å². The summed E-state index contributed by atoms with van der Waals surface area (Å²) in [5.41, 5.74) is 0. The van der Waals surface area contributed by atoms with Crippen molar-refractivity contribution in [2.24, 2.45) is 0 Å². The van der Waals surface area contributed by atoms with Gasteiger partial charge >= 0.3 is 11.9 Å². The lowest BCUT2D eigenvalue weighted by Gasteiger charge is -2.09. The topological polar surface area (TPSA) is 108 Å². The molecule has 0 aliphatic heterocycles. The van der Waals surface area contributed by atoms with Gasteiger partial charge in [0.1, 0.15) is 37.9 Å². The zero-order valence-corrected chi connectivity index (χ0v) is 24.0. The highest BCUT2D eigenvalue weighted by atomic mass is 32.2. The van der Waals surface area contributed by atoms with Crippen LogP contribution < -0.4 is 9.47 Å². The van der Waals surface area contributed by atoms with Crippen LogP contribution in [-0.2, 0) is 38.0 Å². The average molecular weight is 591 g/mol. The molecule has 0 heterocycles. The molecule has 0 saturated carbocycles. The number of carbonyl (C=O) groups is 2. The molecule has 11 heteroatoms. The molecule has 0 fully saturated rings. The molecule has 0 aliphatic carbocycles. The molecular weight excluding hydrogens is 552 g/mol. The fourth-order valence-corrected chi connectivity index (χ4v) is 3.76. The van der Waals surface area contributed by atoms with E-state index < -0.39 is 11.9 Å². The zero-order chi connectivity index (χ0) is 29.4. The normalized spacial score (nSPS) is 10.5. The van der Waals surface area contributed by atoms with Gasteiger partial charge in [-0.1, -0.05) is 24.9 Å². The summed E-state index contributed by atoms with van der Waals surface area (Å²) in [4.78, 5) is 23.9. The van der Waals surface area contributed by atoms with Crippen LogP contribution >= 0.6 is 11.8 Å². The first kappa shape index (κ1) is 33.9. The first-order valence-electron chi connectivity index (χ1n) is 13.1. The van der Waals surface area contributed by atoms with Gasteiger partial charge in [0, 0.05) is 21.9 Å². The minimum Gasteiger partial charge on any atom is -0.491 e. The van der Waals surface area contributed by atoms with E-state index in [2.05, 4.69) is 13.2 Å². The van der Waals surface area contributed by atoms with E-state index in [1.165, 1.54) is 0 Å². The Morgan fingerprint density at radius 2 is 0.829 bits per heavy atom. The van der Waals surface area contributed by atoms with Crippen LogP contribution in [0.2, 0.25) is 0 Å². The molecule has 0 N–H and O–H groups in total. The molecule has 2 rings (SSSR count). The predicted octanol–water partition coefficient (Wildman–Crippen LogP) is 4.12. The van der Waals surface area contributed by atoms with Gasteiger partial charge in [-0.15, -0.1) is 0 Å². The number of ether oxygens (including phenoxy) is 8. The van der Waals surface area contributed by atoms with Crippen molar-refractivity contribution in [3.63, 3.8) is 0 Å². The van der Waals surface area contributed by atoms with Crippen LogP contribution in [0.1, 0.15) is 0 Å². The summed E-state index contributed by atoms with van der Waals surface area (Å²) in [6, 6.07) is 15.7. The summed E-state index contributed by atoms with van der Waals surface area (Å²) < 4.78 is 42.6. The van der Waals surface area contributed by atoms with Crippen molar-refractivity contribution in [1.29, 1.82) is 0 Å².